The van der Waals surface area contributed by atoms with Crippen LogP contribution < -0.4 is 5.11 Å². The van der Waals surface area contributed by atoms with Crippen LogP contribution in [0.25, 0.3) is 0 Å². The van der Waals surface area contributed by atoms with Gasteiger partial charge in [0.05, 0.1) is 0 Å². The number of aryl methyl sites for hydroxylation is 1. The molecule has 0 N–H and O–H groups in total. The molecule has 1 nitrogen and oxygen atoms in total. The van der Waals surface area contributed by atoms with E-state index in [0.29, 0.717) is 0 Å². The van der Waals surface area contributed by atoms with E-state index in [2.05, 4.69) is 14.8 Å². The molecule has 0 aromatic heterocycles. The summed E-state index contributed by atoms with van der Waals surface area (Å²) in [4.78, 5) is 7.09. The second-order valence-corrected chi connectivity index (χ2v) is 11.9. The molecule has 66 valence electrons. The Morgan fingerprint density at radius 1 is 1.00 bits per heavy atom. The summed E-state index contributed by atoms with van der Waals surface area (Å²) in [5.41, 5.74) is 1.13. The van der Waals surface area contributed by atoms with Gasteiger partial charge in [-0.25, -0.2) is 0 Å². The fourth-order valence-electron chi connectivity index (χ4n) is 0.538. The van der Waals surface area contributed by atoms with Crippen molar-refractivity contribution >= 4 is 19.8 Å². The molecule has 0 aliphatic rings. The second-order valence-electron chi connectivity index (χ2n) is 3.31. The van der Waals surface area contributed by atoms with Crippen LogP contribution in [-0.2, 0) is 0 Å². The maximum absolute atomic E-state index is 10.4. The third-order valence-corrected chi connectivity index (χ3v) is 1.02. The SMILES string of the molecule is Cc1ccc([O-])cc1.[CH3][Sn+]([CH3])[CH3]. The summed E-state index contributed by atoms with van der Waals surface area (Å²) < 4.78 is 0. The van der Waals surface area contributed by atoms with Crippen LogP contribution in [0.3, 0.4) is 0 Å². The van der Waals surface area contributed by atoms with Crippen molar-refractivity contribution in [2.45, 2.75) is 21.7 Å². The number of benzene rings is 1. The van der Waals surface area contributed by atoms with E-state index in [4.69, 9.17) is 0 Å². The van der Waals surface area contributed by atoms with E-state index in [1.54, 1.807) is 12.1 Å². The first-order valence-electron chi connectivity index (χ1n) is 4.03. The van der Waals surface area contributed by atoms with E-state index in [1.165, 1.54) is 0 Å². The quantitative estimate of drug-likeness (QED) is 0.664. The molecule has 1 rings (SSSR count). The molecule has 0 amide bonds. The van der Waals surface area contributed by atoms with Gasteiger partial charge in [-0.2, -0.15) is 0 Å². The molecule has 0 bridgehead atoms. The predicted molar refractivity (Wildman–Crippen MR) is 54.0 cm³/mol. The molecule has 1 aromatic rings. The van der Waals surface area contributed by atoms with Crippen molar-refractivity contribution < 1.29 is 5.11 Å². The third-order valence-electron chi connectivity index (χ3n) is 1.02. The van der Waals surface area contributed by atoms with Gasteiger partial charge in [-0.3, -0.25) is 0 Å². The Balaban J connectivity index is 0.000000261. The van der Waals surface area contributed by atoms with Gasteiger partial charge in [-0.1, -0.05) is 29.8 Å². The molecular formula is C10H16OSn. The number of rotatable bonds is 0. The summed E-state index contributed by atoms with van der Waals surface area (Å²) in [6.07, 6.45) is 0. The van der Waals surface area contributed by atoms with E-state index in [1.807, 2.05) is 19.1 Å². The molecule has 0 saturated heterocycles. The van der Waals surface area contributed by atoms with Crippen LogP contribution in [0.1, 0.15) is 5.56 Å². The zero-order valence-electron chi connectivity index (χ0n) is 8.22. The molecule has 0 radical (unpaired) electrons. The Hall–Kier alpha value is -0.181. The van der Waals surface area contributed by atoms with Gasteiger partial charge < -0.3 is 5.11 Å². The average Bonchev–Trinajstić information content (AvgIpc) is 1.94. The van der Waals surface area contributed by atoms with Crippen molar-refractivity contribution in [2.24, 2.45) is 0 Å². The van der Waals surface area contributed by atoms with Crippen LogP contribution in [0.15, 0.2) is 24.3 Å². The van der Waals surface area contributed by atoms with Crippen LogP contribution in [-0.4, -0.2) is 19.8 Å². The van der Waals surface area contributed by atoms with Crippen LogP contribution in [0.5, 0.6) is 5.75 Å². The van der Waals surface area contributed by atoms with Gasteiger partial charge in [0.25, 0.3) is 0 Å². The third kappa shape index (κ3) is 7.92. The van der Waals surface area contributed by atoms with E-state index >= 15 is 0 Å². The van der Waals surface area contributed by atoms with Gasteiger partial charge in [0.2, 0.25) is 0 Å². The summed E-state index contributed by atoms with van der Waals surface area (Å²) in [5, 5.41) is 10.4. The molecule has 0 saturated carbocycles. The normalized spacial score (nSPS) is 8.33. The summed E-state index contributed by atoms with van der Waals surface area (Å²) in [6.45, 7) is 1.96. The maximum atomic E-state index is 10.4. The standard InChI is InChI=1S/C7H8O.3CH3.Sn/c1-6-2-4-7(8)5-3-6;;;;/h2-5,8H,1H3;3*1H3;/q;;;;+1/p-1. The van der Waals surface area contributed by atoms with Crippen LogP contribution >= 0.6 is 0 Å². The van der Waals surface area contributed by atoms with Gasteiger partial charge >= 0.3 is 34.6 Å². The van der Waals surface area contributed by atoms with Crippen molar-refractivity contribution in [3.8, 4) is 5.75 Å². The minimum atomic E-state index is -0.543. The zero-order valence-corrected chi connectivity index (χ0v) is 11.1. The van der Waals surface area contributed by atoms with Crippen molar-refractivity contribution in [3.05, 3.63) is 29.8 Å². The minimum absolute atomic E-state index is 0.0793. The first-order valence-corrected chi connectivity index (χ1v) is 12.6. The second kappa shape index (κ2) is 6.35. The van der Waals surface area contributed by atoms with E-state index in [0.717, 1.165) is 5.56 Å². The van der Waals surface area contributed by atoms with Gasteiger partial charge in [0, 0.05) is 0 Å². The van der Waals surface area contributed by atoms with Crippen molar-refractivity contribution in [1.29, 1.82) is 0 Å². The Bertz CT molecular complexity index is 180. The number of hydrogen-bond acceptors (Lipinski definition) is 1. The van der Waals surface area contributed by atoms with Crippen molar-refractivity contribution in [2.75, 3.05) is 0 Å². The summed E-state index contributed by atoms with van der Waals surface area (Å²) >= 11 is -0.543. The molecule has 0 unspecified atom stereocenters. The van der Waals surface area contributed by atoms with Gasteiger partial charge in [0.1, 0.15) is 0 Å². The fourth-order valence-corrected chi connectivity index (χ4v) is 0.538. The molecule has 1 aromatic carbocycles. The summed E-state index contributed by atoms with van der Waals surface area (Å²) in [5.74, 6) is 0.0793. The van der Waals surface area contributed by atoms with E-state index in [-0.39, 0.29) is 5.75 Å². The van der Waals surface area contributed by atoms with Crippen LogP contribution in [0.4, 0.5) is 0 Å². The van der Waals surface area contributed by atoms with Gasteiger partial charge in [-0.15, -0.1) is 5.75 Å². The molecule has 0 heterocycles. The fraction of sp³-hybridized carbons (Fsp3) is 0.400. The topological polar surface area (TPSA) is 23.1 Å². The molecule has 0 atom stereocenters. The molecule has 2 heteroatoms. The van der Waals surface area contributed by atoms with Crippen LogP contribution in [0.2, 0.25) is 14.8 Å². The van der Waals surface area contributed by atoms with Crippen LogP contribution in [0, 0.1) is 6.92 Å². The molecule has 0 aliphatic carbocycles. The van der Waals surface area contributed by atoms with E-state index < -0.39 is 19.8 Å². The molecule has 0 aliphatic heterocycles. The van der Waals surface area contributed by atoms with E-state index in [9.17, 15) is 5.11 Å². The Morgan fingerprint density at radius 3 is 1.58 bits per heavy atom. The molecule has 12 heavy (non-hydrogen) atoms. The van der Waals surface area contributed by atoms with Crippen molar-refractivity contribution in [3.63, 3.8) is 0 Å². The van der Waals surface area contributed by atoms with Gasteiger partial charge in [0.15, 0.2) is 0 Å². The first-order chi connectivity index (χ1) is 5.52. The predicted octanol–water partition coefficient (Wildman–Crippen LogP) is 2.44. The molecule has 0 fully saturated rings. The zero-order chi connectivity index (χ0) is 9.56. The average molecular weight is 271 g/mol. The monoisotopic (exact) mass is 272 g/mol. The Kier molecular flexibility index (Phi) is 6.25. The summed E-state index contributed by atoms with van der Waals surface area (Å²) in [7, 11) is 0. The Labute approximate surface area is 82.2 Å². The summed E-state index contributed by atoms with van der Waals surface area (Å²) in [6, 6.07) is 6.75. The Morgan fingerprint density at radius 2 is 1.33 bits per heavy atom. The molecular weight excluding hydrogens is 255 g/mol. The van der Waals surface area contributed by atoms with Gasteiger partial charge in [-0.05, 0) is 6.92 Å². The molecule has 0 spiro atoms. The number of hydrogen-bond donors (Lipinski definition) is 0. The first kappa shape index (κ1) is 11.8. The van der Waals surface area contributed by atoms with Crippen molar-refractivity contribution in [1.82, 2.24) is 0 Å².